The summed E-state index contributed by atoms with van der Waals surface area (Å²) in [6, 6.07) is 7.52. The molecule has 0 saturated carbocycles. The van der Waals surface area contributed by atoms with Crippen LogP contribution in [0.25, 0.3) is 5.65 Å². The van der Waals surface area contributed by atoms with Gasteiger partial charge in [0.1, 0.15) is 11.3 Å². The zero-order valence-corrected chi connectivity index (χ0v) is 14.4. The van der Waals surface area contributed by atoms with Crippen LogP contribution in [-0.2, 0) is 13.0 Å². The standard InChI is InChI=1S/C19H18N4O3/c1-26-13-5-2-4-12(8-13)9-21-19(25)15-11-22-23-16-6-3-7-17(24)14(16)10-20-18(15)23/h2,4-5,8,10-11H,3,6-7,9H2,1H3,(H,21,25). The van der Waals surface area contributed by atoms with Crippen LogP contribution in [0.2, 0.25) is 0 Å². The lowest BCUT2D eigenvalue weighted by atomic mass is 9.96. The van der Waals surface area contributed by atoms with E-state index in [2.05, 4.69) is 15.4 Å². The highest BCUT2D eigenvalue weighted by molar-refractivity contribution is 6.01. The fraction of sp³-hybridized carbons (Fsp3) is 0.263. The minimum absolute atomic E-state index is 0.0835. The van der Waals surface area contributed by atoms with Gasteiger partial charge in [-0.1, -0.05) is 12.1 Å². The first kappa shape index (κ1) is 16.3. The Morgan fingerprint density at radius 1 is 1.31 bits per heavy atom. The van der Waals surface area contributed by atoms with E-state index in [9.17, 15) is 9.59 Å². The molecule has 1 N–H and O–H groups in total. The lowest BCUT2D eigenvalue weighted by molar-refractivity contribution is 0.0950. The van der Waals surface area contributed by atoms with Crippen molar-refractivity contribution in [1.29, 1.82) is 0 Å². The number of fused-ring (bicyclic) bond motifs is 3. The summed E-state index contributed by atoms with van der Waals surface area (Å²) in [7, 11) is 1.60. The van der Waals surface area contributed by atoms with Gasteiger partial charge < -0.3 is 10.1 Å². The molecular weight excluding hydrogens is 332 g/mol. The topological polar surface area (TPSA) is 85.6 Å². The van der Waals surface area contributed by atoms with Crippen molar-refractivity contribution in [2.45, 2.75) is 25.8 Å². The highest BCUT2D eigenvalue weighted by Crippen LogP contribution is 2.22. The molecule has 2 heterocycles. The van der Waals surface area contributed by atoms with Crippen molar-refractivity contribution in [3.8, 4) is 5.75 Å². The van der Waals surface area contributed by atoms with E-state index in [1.54, 1.807) is 17.8 Å². The number of carbonyl (C=O) groups is 2. The molecule has 1 aliphatic carbocycles. The van der Waals surface area contributed by atoms with Crippen molar-refractivity contribution < 1.29 is 14.3 Å². The number of aryl methyl sites for hydroxylation is 1. The molecular formula is C19H18N4O3. The second kappa shape index (κ2) is 6.59. The number of hydrogen-bond donors (Lipinski definition) is 1. The highest BCUT2D eigenvalue weighted by Gasteiger charge is 2.23. The van der Waals surface area contributed by atoms with Crippen LogP contribution in [0.3, 0.4) is 0 Å². The van der Waals surface area contributed by atoms with E-state index in [0.29, 0.717) is 29.7 Å². The molecule has 132 valence electrons. The Morgan fingerprint density at radius 3 is 3.04 bits per heavy atom. The van der Waals surface area contributed by atoms with Crippen LogP contribution in [0.1, 0.15) is 44.8 Å². The summed E-state index contributed by atoms with van der Waals surface area (Å²) in [5, 5.41) is 7.17. The number of Topliss-reactive ketones (excluding diaryl/α,β-unsaturated/α-hetero) is 1. The van der Waals surface area contributed by atoms with E-state index >= 15 is 0 Å². The predicted molar refractivity (Wildman–Crippen MR) is 94.4 cm³/mol. The van der Waals surface area contributed by atoms with Gasteiger partial charge in [0.15, 0.2) is 11.4 Å². The number of methoxy groups -OCH3 is 1. The molecule has 4 rings (SSSR count). The summed E-state index contributed by atoms with van der Waals surface area (Å²) < 4.78 is 6.81. The first-order valence-electron chi connectivity index (χ1n) is 8.47. The van der Waals surface area contributed by atoms with Gasteiger partial charge in [-0.3, -0.25) is 9.59 Å². The molecule has 26 heavy (non-hydrogen) atoms. The van der Waals surface area contributed by atoms with Crippen LogP contribution in [0.4, 0.5) is 0 Å². The number of carbonyl (C=O) groups excluding carboxylic acids is 2. The number of ketones is 1. The van der Waals surface area contributed by atoms with E-state index in [1.165, 1.54) is 6.20 Å². The maximum Gasteiger partial charge on any atom is 0.257 e. The highest BCUT2D eigenvalue weighted by atomic mass is 16.5. The Bertz CT molecular complexity index is 1010. The van der Waals surface area contributed by atoms with Crippen molar-refractivity contribution >= 4 is 17.3 Å². The molecule has 0 fully saturated rings. The lowest BCUT2D eigenvalue weighted by Gasteiger charge is -2.15. The van der Waals surface area contributed by atoms with Gasteiger partial charge in [0.05, 0.1) is 24.6 Å². The van der Waals surface area contributed by atoms with E-state index in [-0.39, 0.29) is 11.7 Å². The molecule has 0 bridgehead atoms. The van der Waals surface area contributed by atoms with E-state index in [4.69, 9.17) is 4.74 Å². The van der Waals surface area contributed by atoms with E-state index < -0.39 is 0 Å². The first-order valence-corrected chi connectivity index (χ1v) is 8.47. The second-order valence-electron chi connectivity index (χ2n) is 6.22. The first-order chi connectivity index (χ1) is 12.7. The fourth-order valence-corrected chi connectivity index (χ4v) is 3.22. The minimum atomic E-state index is -0.252. The summed E-state index contributed by atoms with van der Waals surface area (Å²) >= 11 is 0. The molecule has 0 saturated heterocycles. The summed E-state index contributed by atoms with van der Waals surface area (Å²) in [5.74, 6) is 0.572. The van der Waals surface area contributed by atoms with Gasteiger partial charge in [-0.25, -0.2) is 9.50 Å². The molecule has 0 unspecified atom stereocenters. The largest absolute Gasteiger partial charge is 0.497 e. The van der Waals surface area contributed by atoms with Gasteiger partial charge in [0.2, 0.25) is 0 Å². The average molecular weight is 350 g/mol. The predicted octanol–water partition coefficient (Wildman–Crippen LogP) is 2.19. The molecule has 1 aromatic carbocycles. The quantitative estimate of drug-likeness (QED) is 0.779. The van der Waals surface area contributed by atoms with Crippen LogP contribution in [0, 0.1) is 0 Å². The van der Waals surface area contributed by atoms with Crippen LogP contribution >= 0.6 is 0 Å². The molecule has 1 amide bonds. The molecule has 3 aromatic rings. The average Bonchev–Trinajstić information content (AvgIpc) is 3.11. The normalized spacial score (nSPS) is 13.5. The van der Waals surface area contributed by atoms with Crippen LogP contribution < -0.4 is 10.1 Å². The molecule has 1 aliphatic rings. The zero-order valence-electron chi connectivity index (χ0n) is 14.4. The summed E-state index contributed by atoms with van der Waals surface area (Å²) in [6.07, 6.45) is 5.15. The van der Waals surface area contributed by atoms with Gasteiger partial charge in [-0.05, 0) is 30.5 Å². The Kier molecular flexibility index (Phi) is 4.12. The maximum absolute atomic E-state index is 12.6. The Labute approximate surface area is 150 Å². The van der Waals surface area contributed by atoms with Crippen molar-refractivity contribution in [1.82, 2.24) is 19.9 Å². The molecule has 7 nitrogen and oxygen atoms in total. The Morgan fingerprint density at radius 2 is 2.19 bits per heavy atom. The van der Waals surface area contributed by atoms with Gasteiger partial charge in [-0.2, -0.15) is 5.10 Å². The van der Waals surface area contributed by atoms with E-state index in [0.717, 1.165) is 29.8 Å². The fourth-order valence-electron chi connectivity index (χ4n) is 3.22. The lowest BCUT2D eigenvalue weighted by Crippen LogP contribution is -2.23. The number of rotatable bonds is 4. The number of nitrogens with one attached hydrogen (secondary N) is 1. The maximum atomic E-state index is 12.6. The smallest absolute Gasteiger partial charge is 0.257 e. The Balaban J connectivity index is 1.58. The van der Waals surface area contributed by atoms with Crippen molar-refractivity contribution in [3.05, 3.63) is 59.0 Å². The van der Waals surface area contributed by atoms with Gasteiger partial charge >= 0.3 is 0 Å². The van der Waals surface area contributed by atoms with Gasteiger partial charge in [0.25, 0.3) is 5.91 Å². The minimum Gasteiger partial charge on any atom is -0.497 e. The van der Waals surface area contributed by atoms with Crippen LogP contribution in [-0.4, -0.2) is 33.4 Å². The Hall–Kier alpha value is -3.22. The van der Waals surface area contributed by atoms with E-state index in [1.807, 2.05) is 24.3 Å². The van der Waals surface area contributed by atoms with Crippen molar-refractivity contribution in [2.24, 2.45) is 0 Å². The third-order valence-electron chi connectivity index (χ3n) is 4.58. The summed E-state index contributed by atoms with van der Waals surface area (Å²) in [6.45, 7) is 0.372. The number of nitrogens with zero attached hydrogens (tertiary/aromatic N) is 3. The van der Waals surface area contributed by atoms with Crippen LogP contribution in [0.15, 0.2) is 36.7 Å². The molecule has 2 aromatic heterocycles. The SMILES string of the molecule is COc1cccc(CNC(=O)c2cnn3c4c(cnc23)C(=O)CCC4)c1. The molecule has 0 radical (unpaired) electrons. The summed E-state index contributed by atoms with van der Waals surface area (Å²) in [5.41, 5.74) is 3.24. The molecule has 7 heteroatoms. The number of benzene rings is 1. The molecule has 0 atom stereocenters. The molecule has 0 spiro atoms. The van der Waals surface area contributed by atoms with Gasteiger partial charge in [0, 0.05) is 19.2 Å². The summed E-state index contributed by atoms with van der Waals surface area (Å²) in [4.78, 5) is 28.9. The van der Waals surface area contributed by atoms with Gasteiger partial charge in [-0.15, -0.1) is 0 Å². The zero-order chi connectivity index (χ0) is 18.1. The number of aromatic nitrogens is 3. The number of ether oxygens (including phenoxy) is 1. The van der Waals surface area contributed by atoms with Crippen molar-refractivity contribution in [2.75, 3.05) is 7.11 Å². The van der Waals surface area contributed by atoms with Crippen molar-refractivity contribution in [3.63, 3.8) is 0 Å². The number of hydrogen-bond acceptors (Lipinski definition) is 5. The number of amides is 1. The third-order valence-corrected chi connectivity index (χ3v) is 4.58. The second-order valence-corrected chi connectivity index (χ2v) is 6.22. The van der Waals surface area contributed by atoms with Crippen LogP contribution in [0.5, 0.6) is 5.75 Å². The molecule has 0 aliphatic heterocycles. The third kappa shape index (κ3) is 2.81. The monoisotopic (exact) mass is 350 g/mol.